The van der Waals surface area contributed by atoms with Crippen LogP contribution < -0.4 is 16.0 Å². The molecule has 9 nitrogen and oxygen atoms in total. The smallest absolute Gasteiger partial charge is 0.342 e. The van der Waals surface area contributed by atoms with Gasteiger partial charge in [0, 0.05) is 18.7 Å². The quantitative estimate of drug-likeness (QED) is 0.516. The lowest BCUT2D eigenvalue weighted by Gasteiger charge is -2.32. The van der Waals surface area contributed by atoms with Crippen molar-refractivity contribution in [2.75, 3.05) is 11.9 Å². The number of carbonyl (C=O) groups excluding carboxylic acids is 4. The van der Waals surface area contributed by atoms with Crippen molar-refractivity contribution < 1.29 is 32.3 Å². The molecular formula is C26H32F3N5O4. The summed E-state index contributed by atoms with van der Waals surface area (Å²) in [4.78, 5) is 52.8. The van der Waals surface area contributed by atoms with Crippen molar-refractivity contribution in [1.29, 1.82) is 5.26 Å². The second-order valence-corrected chi connectivity index (χ2v) is 11.4. The van der Waals surface area contributed by atoms with Crippen LogP contribution in [0.5, 0.6) is 0 Å². The van der Waals surface area contributed by atoms with Crippen LogP contribution in [0, 0.1) is 22.7 Å². The number of anilines is 1. The van der Waals surface area contributed by atoms with E-state index in [1.54, 1.807) is 29.6 Å². The molecule has 12 heteroatoms. The minimum atomic E-state index is -5.18. The number of nitriles is 1. The predicted octanol–water partition coefficient (Wildman–Crippen LogP) is 2.63. The van der Waals surface area contributed by atoms with Crippen molar-refractivity contribution in [3.8, 4) is 6.07 Å². The maximum Gasteiger partial charge on any atom is 0.471 e. The summed E-state index contributed by atoms with van der Waals surface area (Å²) < 4.78 is 38.6. The Hall–Kier alpha value is -3.62. The van der Waals surface area contributed by atoms with Gasteiger partial charge >= 0.3 is 12.1 Å². The molecular weight excluding hydrogens is 503 g/mol. The van der Waals surface area contributed by atoms with Crippen molar-refractivity contribution in [2.45, 2.75) is 77.2 Å². The van der Waals surface area contributed by atoms with Crippen molar-refractivity contribution in [3.05, 3.63) is 29.8 Å². The second kappa shape index (κ2) is 10.3. The Morgan fingerprint density at radius 3 is 2.37 bits per heavy atom. The number of likely N-dealkylation sites (tertiary alicyclic amines) is 1. The summed E-state index contributed by atoms with van der Waals surface area (Å²) in [6, 6.07) is 5.37. The summed E-state index contributed by atoms with van der Waals surface area (Å²) in [6.07, 6.45) is -5.03. The zero-order valence-electron chi connectivity index (χ0n) is 21.9. The van der Waals surface area contributed by atoms with E-state index in [1.807, 2.05) is 20.8 Å². The fraction of sp³-hybridized carbons (Fsp3) is 0.577. The molecule has 1 spiro atoms. The first-order valence-electron chi connectivity index (χ1n) is 12.3. The van der Waals surface area contributed by atoms with E-state index in [-0.39, 0.29) is 25.3 Å². The van der Waals surface area contributed by atoms with E-state index in [0.717, 1.165) is 0 Å². The van der Waals surface area contributed by atoms with E-state index in [0.29, 0.717) is 11.3 Å². The molecule has 4 amide bonds. The van der Waals surface area contributed by atoms with E-state index in [9.17, 15) is 37.6 Å². The number of para-hydroxylation sites is 1. The molecule has 3 rings (SSSR count). The Bertz CT molecular complexity index is 1170. The summed E-state index contributed by atoms with van der Waals surface area (Å²) in [5, 5.41) is 16.9. The molecule has 0 aliphatic carbocycles. The van der Waals surface area contributed by atoms with Gasteiger partial charge in [0.05, 0.1) is 11.5 Å². The lowest BCUT2D eigenvalue weighted by molar-refractivity contribution is -0.175. The number of amides is 4. The maximum atomic E-state index is 13.8. The van der Waals surface area contributed by atoms with Gasteiger partial charge in [0.1, 0.15) is 18.1 Å². The molecule has 1 unspecified atom stereocenters. The van der Waals surface area contributed by atoms with Crippen LogP contribution in [0.25, 0.3) is 0 Å². The standard InChI is InChI=1S/C26H32F3N5O4/c1-14(2)19(33-23(38)26(27,28)29)20(35)31-18(11-24(3,4)5)21(36)34-13-25(10-15(34)12-30)16-8-6-7-9-17(16)32-22(25)37/h6-9,14-15,18-19H,10-11,13H2,1-5H3,(H,31,35)(H,32,37)(H,33,38)/t15-,18-,19?,25-/m0/s1. The van der Waals surface area contributed by atoms with Gasteiger partial charge in [-0.1, -0.05) is 52.8 Å². The first-order valence-corrected chi connectivity index (χ1v) is 12.3. The number of rotatable bonds is 6. The number of fused-ring (bicyclic) bond motifs is 2. The van der Waals surface area contributed by atoms with Gasteiger partial charge in [-0.15, -0.1) is 0 Å². The minimum absolute atomic E-state index is 0.0600. The van der Waals surface area contributed by atoms with E-state index < -0.39 is 58.8 Å². The van der Waals surface area contributed by atoms with Gasteiger partial charge in [-0.3, -0.25) is 19.2 Å². The Labute approximate surface area is 219 Å². The third kappa shape index (κ3) is 5.76. The highest BCUT2D eigenvalue weighted by Crippen LogP contribution is 2.46. The summed E-state index contributed by atoms with van der Waals surface area (Å²) in [6.45, 7) is 8.29. The molecule has 38 heavy (non-hydrogen) atoms. The van der Waals surface area contributed by atoms with Gasteiger partial charge in [-0.05, 0) is 29.4 Å². The Kier molecular flexibility index (Phi) is 7.82. The molecule has 2 aliphatic heterocycles. The molecule has 206 valence electrons. The summed E-state index contributed by atoms with van der Waals surface area (Å²) in [7, 11) is 0. The number of nitrogens with one attached hydrogen (secondary N) is 3. The molecule has 0 radical (unpaired) electrons. The monoisotopic (exact) mass is 535 g/mol. The van der Waals surface area contributed by atoms with Crippen LogP contribution in [0.3, 0.4) is 0 Å². The first kappa shape index (κ1) is 28.9. The molecule has 1 aromatic carbocycles. The Morgan fingerprint density at radius 1 is 1.18 bits per heavy atom. The normalized spacial score (nSPS) is 22.5. The van der Waals surface area contributed by atoms with Gasteiger partial charge in [0.15, 0.2) is 0 Å². The molecule has 0 saturated carbocycles. The van der Waals surface area contributed by atoms with Crippen LogP contribution in [0.2, 0.25) is 0 Å². The highest BCUT2D eigenvalue weighted by molar-refractivity contribution is 6.07. The van der Waals surface area contributed by atoms with E-state index >= 15 is 0 Å². The zero-order chi connectivity index (χ0) is 28.6. The average Bonchev–Trinajstić information content (AvgIpc) is 3.32. The molecule has 0 aromatic heterocycles. The number of hydrogen-bond donors (Lipinski definition) is 3. The highest BCUT2D eigenvalue weighted by atomic mass is 19.4. The predicted molar refractivity (Wildman–Crippen MR) is 131 cm³/mol. The fourth-order valence-electron chi connectivity index (χ4n) is 5.02. The van der Waals surface area contributed by atoms with E-state index in [2.05, 4.69) is 16.7 Å². The largest absolute Gasteiger partial charge is 0.471 e. The van der Waals surface area contributed by atoms with Crippen LogP contribution in [0.4, 0.5) is 18.9 Å². The van der Waals surface area contributed by atoms with Crippen molar-refractivity contribution in [3.63, 3.8) is 0 Å². The lowest BCUT2D eigenvalue weighted by atomic mass is 9.80. The topological polar surface area (TPSA) is 131 Å². The number of hydrogen-bond acceptors (Lipinski definition) is 5. The van der Waals surface area contributed by atoms with Crippen molar-refractivity contribution in [1.82, 2.24) is 15.5 Å². The molecule has 1 fully saturated rings. The highest BCUT2D eigenvalue weighted by Gasteiger charge is 2.56. The number of benzene rings is 1. The van der Waals surface area contributed by atoms with Gasteiger partial charge in [0.2, 0.25) is 17.7 Å². The van der Waals surface area contributed by atoms with E-state index in [1.165, 1.54) is 18.7 Å². The van der Waals surface area contributed by atoms with Gasteiger partial charge < -0.3 is 20.9 Å². The number of carbonyl (C=O) groups is 4. The molecule has 1 aromatic rings. The van der Waals surface area contributed by atoms with E-state index in [4.69, 9.17) is 0 Å². The first-order chi connectivity index (χ1) is 17.5. The summed E-state index contributed by atoms with van der Waals surface area (Å²) >= 11 is 0. The van der Waals surface area contributed by atoms with Crippen LogP contribution in [0.15, 0.2) is 24.3 Å². The third-order valence-corrected chi connectivity index (χ3v) is 6.84. The number of halogens is 3. The fourth-order valence-corrected chi connectivity index (χ4v) is 5.02. The molecule has 4 atom stereocenters. The molecule has 3 N–H and O–H groups in total. The zero-order valence-corrected chi connectivity index (χ0v) is 21.9. The van der Waals surface area contributed by atoms with Crippen molar-refractivity contribution in [2.24, 2.45) is 11.3 Å². The maximum absolute atomic E-state index is 13.8. The van der Waals surface area contributed by atoms with Crippen molar-refractivity contribution >= 4 is 29.3 Å². The second-order valence-electron chi connectivity index (χ2n) is 11.4. The molecule has 0 bridgehead atoms. The molecule has 2 aliphatic rings. The molecule has 1 saturated heterocycles. The Morgan fingerprint density at radius 2 is 1.82 bits per heavy atom. The number of alkyl halides is 3. The minimum Gasteiger partial charge on any atom is -0.342 e. The van der Waals surface area contributed by atoms with Gasteiger partial charge in [0.25, 0.3) is 0 Å². The van der Waals surface area contributed by atoms with Crippen LogP contribution in [0.1, 0.15) is 53.0 Å². The van der Waals surface area contributed by atoms with Gasteiger partial charge in [-0.25, -0.2) is 0 Å². The summed E-state index contributed by atoms with van der Waals surface area (Å²) in [5.74, 6) is -4.89. The van der Waals surface area contributed by atoms with Crippen LogP contribution in [-0.2, 0) is 24.6 Å². The third-order valence-electron chi connectivity index (χ3n) is 6.84. The number of nitrogens with zero attached hydrogens (tertiary/aromatic N) is 2. The van der Waals surface area contributed by atoms with Gasteiger partial charge in [-0.2, -0.15) is 18.4 Å². The van der Waals surface area contributed by atoms with Crippen LogP contribution in [-0.4, -0.2) is 59.4 Å². The summed E-state index contributed by atoms with van der Waals surface area (Å²) in [5.41, 5.74) is -0.369. The molecule has 2 heterocycles. The SMILES string of the molecule is CC(C)C(NC(=O)C(F)(F)F)C(=O)N[C@@H](CC(C)(C)C)C(=O)N1C[C@]2(C[C@H]1C#N)C(=O)Nc1ccccc12. The average molecular weight is 536 g/mol. The Balaban J connectivity index is 1.90. The van der Waals surface area contributed by atoms with Crippen LogP contribution >= 0.6 is 0 Å². The lowest BCUT2D eigenvalue weighted by Crippen LogP contribution is -2.58.